The molecular weight excluding hydrogens is 269 g/mol. The molecule has 2 aromatic rings. The van der Waals surface area contributed by atoms with Crippen LogP contribution in [-0.4, -0.2) is 20.4 Å². The van der Waals surface area contributed by atoms with Gasteiger partial charge in [0.15, 0.2) is 0 Å². The Balaban J connectivity index is 2.51. The van der Waals surface area contributed by atoms with Gasteiger partial charge in [0.05, 0.1) is 5.69 Å². The first-order chi connectivity index (χ1) is 8.93. The second kappa shape index (κ2) is 4.85. The molecule has 1 aromatic heterocycles. The fourth-order valence-corrected chi connectivity index (χ4v) is 2.82. The maximum atomic E-state index is 13.2. The van der Waals surface area contributed by atoms with Crippen LogP contribution >= 0.6 is 0 Å². The molecule has 5 nitrogen and oxygen atoms in total. The number of halogens is 1. The molecule has 100 valence electrons. The van der Waals surface area contributed by atoms with Crippen molar-refractivity contribution in [2.24, 2.45) is 0 Å². The molecule has 0 radical (unpaired) electrons. The minimum atomic E-state index is -3.94. The minimum Gasteiger partial charge on any atom is -0.398 e. The zero-order chi connectivity index (χ0) is 14.0. The van der Waals surface area contributed by atoms with Crippen molar-refractivity contribution in [2.45, 2.75) is 4.90 Å². The lowest BCUT2D eigenvalue weighted by molar-refractivity contribution is 0.589. The van der Waals surface area contributed by atoms with Crippen molar-refractivity contribution in [3.05, 3.63) is 48.4 Å². The summed E-state index contributed by atoms with van der Waals surface area (Å²) in [4.78, 5) is 3.66. The summed E-state index contributed by atoms with van der Waals surface area (Å²) < 4.78 is 38.8. The summed E-state index contributed by atoms with van der Waals surface area (Å²) in [6.45, 7) is 0. The maximum Gasteiger partial charge on any atom is 0.267 e. The lowest BCUT2D eigenvalue weighted by atomic mass is 10.3. The van der Waals surface area contributed by atoms with Gasteiger partial charge >= 0.3 is 0 Å². The smallest absolute Gasteiger partial charge is 0.267 e. The quantitative estimate of drug-likeness (QED) is 0.867. The first-order valence-electron chi connectivity index (χ1n) is 5.38. The van der Waals surface area contributed by atoms with Gasteiger partial charge in [-0.1, -0.05) is 6.07 Å². The summed E-state index contributed by atoms with van der Waals surface area (Å²) in [7, 11) is -2.60. The highest BCUT2D eigenvalue weighted by molar-refractivity contribution is 7.93. The number of hydrogen-bond donors (Lipinski definition) is 1. The number of pyridine rings is 1. The molecule has 0 atom stereocenters. The fraction of sp³-hybridized carbons (Fsp3) is 0.0833. The Morgan fingerprint density at radius 3 is 2.63 bits per heavy atom. The van der Waals surface area contributed by atoms with E-state index in [1.165, 1.54) is 25.4 Å². The standard InChI is InChI=1S/C12H12FN3O2S/c1-16(12-4-2-3-7-15-12)19(17,18)11-8-9(13)5-6-10(11)14/h2-8H,14H2,1H3. The third kappa shape index (κ3) is 2.50. The molecular formula is C12H12FN3O2S. The Kier molecular flexibility index (Phi) is 3.39. The van der Waals surface area contributed by atoms with E-state index in [-0.39, 0.29) is 16.4 Å². The molecule has 1 aromatic carbocycles. The van der Waals surface area contributed by atoms with Crippen LogP contribution < -0.4 is 10.0 Å². The number of anilines is 2. The predicted molar refractivity (Wildman–Crippen MR) is 70.6 cm³/mol. The monoisotopic (exact) mass is 281 g/mol. The van der Waals surface area contributed by atoms with Crippen LogP contribution in [-0.2, 0) is 10.0 Å². The molecule has 0 amide bonds. The average Bonchev–Trinajstić information content (AvgIpc) is 2.41. The van der Waals surface area contributed by atoms with Crippen LogP contribution in [0.3, 0.4) is 0 Å². The van der Waals surface area contributed by atoms with Gasteiger partial charge in [0.2, 0.25) is 0 Å². The normalized spacial score (nSPS) is 11.3. The van der Waals surface area contributed by atoms with E-state index in [0.29, 0.717) is 0 Å². The first kappa shape index (κ1) is 13.3. The van der Waals surface area contributed by atoms with E-state index in [9.17, 15) is 12.8 Å². The van der Waals surface area contributed by atoms with E-state index in [1.54, 1.807) is 12.1 Å². The molecule has 0 spiro atoms. The number of sulfonamides is 1. The Morgan fingerprint density at radius 1 is 1.26 bits per heavy atom. The number of nitrogen functional groups attached to an aromatic ring is 1. The molecule has 0 bridgehead atoms. The first-order valence-corrected chi connectivity index (χ1v) is 6.82. The highest BCUT2D eigenvalue weighted by Gasteiger charge is 2.24. The summed E-state index contributed by atoms with van der Waals surface area (Å²) in [5.74, 6) is -0.437. The van der Waals surface area contributed by atoms with Gasteiger partial charge in [-0.3, -0.25) is 4.31 Å². The van der Waals surface area contributed by atoms with E-state index in [2.05, 4.69) is 4.98 Å². The number of rotatable bonds is 3. The van der Waals surface area contributed by atoms with Crippen molar-refractivity contribution in [1.29, 1.82) is 0 Å². The molecule has 0 aliphatic rings. The second-order valence-electron chi connectivity index (χ2n) is 3.84. The van der Waals surface area contributed by atoms with Crippen LogP contribution in [0.5, 0.6) is 0 Å². The average molecular weight is 281 g/mol. The highest BCUT2D eigenvalue weighted by atomic mass is 32.2. The molecule has 0 unspecified atom stereocenters. The van der Waals surface area contributed by atoms with Gasteiger partial charge in [0.25, 0.3) is 10.0 Å². The van der Waals surface area contributed by atoms with E-state index in [1.807, 2.05) is 0 Å². The molecule has 0 aliphatic carbocycles. The van der Waals surface area contributed by atoms with Gasteiger partial charge in [-0.05, 0) is 30.3 Å². The summed E-state index contributed by atoms with van der Waals surface area (Å²) in [6, 6.07) is 8.07. The van der Waals surface area contributed by atoms with E-state index >= 15 is 0 Å². The summed E-state index contributed by atoms with van der Waals surface area (Å²) >= 11 is 0. The number of benzene rings is 1. The van der Waals surface area contributed by atoms with Crippen LogP contribution in [0.15, 0.2) is 47.5 Å². The maximum absolute atomic E-state index is 13.2. The third-order valence-corrected chi connectivity index (χ3v) is 4.40. The van der Waals surface area contributed by atoms with Gasteiger partial charge in [0, 0.05) is 13.2 Å². The zero-order valence-electron chi connectivity index (χ0n) is 10.1. The summed E-state index contributed by atoms with van der Waals surface area (Å²) in [5.41, 5.74) is 5.59. The number of nitrogens with zero attached hydrogens (tertiary/aromatic N) is 2. The molecule has 0 fully saturated rings. The number of hydrogen-bond acceptors (Lipinski definition) is 4. The highest BCUT2D eigenvalue weighted by Crippen LogP contribution is 2.25. The number of nitrogens with two attached hydrogens (primary N) is 1. The van der Waals surface area contributed by atoms with Gasteiger partial charge in [0.1, 0.15) is 16.5 Å². The van der Waals surface area contributed by atoms with Crippen LogP contribution in [0.4, 0.5) is 15.9 Å². The summed E-state index contributed by atoms with van der Waals surface area (Å²) in [5, 5.41) is 0. The van der Waals surface area contributed by atoms with E-state index < -0.39 is 15.8 Å². The molecule has 0 saturated heterocycles. The lowest BCUT2D eigenvalue weighted by Gasteiger charge is -2.19. The molecule has 2 rings (SSSR count). The molecule has 19 heavy (non-hydrogen) atoms. The molecule has 0 aliphatic heterocycles. The van der Waals surface area contributed by atoms with Gasteiger partial charge in [-0.15, -0.1) is 0 Å². The Bertz CT molecular complexity index is 689. The molecule has 7 heteroatoms. The fourth-order valence-electron chi connectivity index (χ4n) is 1.54. The molecule has 2 N–H and O–H groups in total. The minimum absolute atomic E-state index is 0.0100. The van der Waals surface area contributed by atoms with Crippen LogP contribution in [0.1, 0.15) is 0 Å². The van der Waals surface area contributed by atoms with Gasteiger partial charge < -0.3 is 5.73 Å². The molecule has 1 heterocycles. The van der Waals surface area contributed by atoms with Crippen LogP contribution in [0.2, 0.25) is 0 Å². The Labute approximate surface area is 110 Å². The van der Waals surface area contributed by atoms with Crippen molar-refractivity contribution < 1.29 is 12.8 Å². The summed E-state index contributed by atoms with van der Waals surface area (Å²) in [6.07, 6.45) is 1.47. The van der Waals surface area contributed by atoms with Crippen molar-refractivity contribution in [1.82, 2.24) is 4.98 Å². The SMILES string of the molecule is CN(c1ccccn1)S(=O)(=O)c1cc(F)ccc1N. The van der Waals surface area contributed by atoms with Crippen molar-refractivity contribution in [3.8, 4) is 0 Å². The Morgan fingerprint density at radius 2 is 2.00 bits per heavy atom. The zero-order valence-corrected chi connectivity index (χ0v) is 10.9. The van der Waals surface area contributed by atoms with Crippen LogP contribution in [0.25, 0.3) is 0 Å². The largest absolute Gasteiger partial charge is 0.398 e. The van der Waals surface area contributed by atoms with E-state index in [4.69, 9.17) is 5.73 Å². The lowest BCUT2D eigenvalue weighted by Crippen LogP contribution is -2.28. The number of aromatic nitrogens is 1. The van der Waals surface area contributed by atoms with Crippen molar-refractivity contribution in [2.75, 3.05) is 17.1 Å². The van der Waals surface area contributed by atoms with Crippen molar-refractivity contribution in [3.63, 3.8) is 0 Å². The Hall–Kier alpha value is -2.15. The predicted octanol–water partition coefficient (Wildman–Crippen LogP) is 1.63. The topological polar surface area (TPSA) is 76.3 Å². The van der Waals surface area contributed by atoms with Crippen molar-refractivity contribution >= 4 is 21.5 Å². The van der Waals surface area contributed by atoms with Crippen LogP contribution in [0, 0.1) is 5.82 Å². The van der Waals surface area contributed by atoms with Gasteiger partial charge in [-0.2, -0.15) is 0 Å². The molecule has 0 saturated carbocycles. The third-order valence-electron chi connectivity index (χ3n) is 2.59. The van der Waals surface area contributed by atoms with E-state index in [0.717, 1.165) is 16.4 Å². The van der Waals surface area contributed by atoms with Gasteiger partial charge in [-0.25, -0.2) is 17.8 Å². The second-order valence-corrected chi connectivity index (χ2v) is 5.78.